The fraction of sp³-hybridized carbons (Fsp3) is 0.357. The van der Waals surface area contributed by atoms with E-state index in [9.17, 15) is 9.59 Å². The van der Waals surface area contributed by atoms with Crippen LogP contribution in [-0.4, -0.2) is 31.5 Å². The molecule has 0 fully saturated rings. The first-order valence-electron chi connectivity index (χ1n) is 6.30. The highest BCUT2D eigenvalue weighted by Crippen LogP contribution is 2.08. The predicted octanol–water partition coefficient (Wildman–Crippen LogP) is 0.602. The fourth-order valence-electron chi connectivity index (χ4n) is 1.40. The Morgan fingerprint density at radius 3 is 2.40 bits per heavy atom. The van der Waals surface area contributed by atoms with Crippen LogP contribution in [0.4, 0.5) is 0 Å². The molecule has 0 radical (unpaired) electrons. The van der Waals surface area contributed by atoms with Crippen molar-refractivity contribution < 1.29 is 14.3 Å². The quantitative estimate of drug-likeness (QED) is 0.680. The molecular weight excluding hydrogens is 258 g/mol. The molecule has 0 aliphatic rings. The van der Waals surface area contributed by atoms with Crippen molar-refractivity contribution in [2.45, 2.75) is 12.8 Å². The van der Waals surface area contributed by atoms with Gasteiger partial charge < -0.3 is 15.4 Å². The Kier molecular flexibility index (Phi) is 7.28. The number of nitriles is 1. The summed E-state index contributed by atoms with van der Waals surface area (Å²) in [5, 5.41) is 13.4. The van der Waals surface area contributed by atoms with Crippen molar-refractivity contribution in [3.8, 4) is 11.8 Å². The van der Waals surface area contributed by atoms with Crippen LogP contribution in [0.5, 0.6) is 5.75 Å². The molecule has 1 aromatic carbocycles. The van der Waals surface area contributed by atoms with Crippen molar-refractivity contribution in [1.82, 2.24) is 10.6 Å². The molecule has 0 aliphatic carbocycles. The maximum atomic E-state index is 11.4. The monoisotopic (exact) mass is 275 g/mol. The lowest BCUT2D eigenvalue weighted by molar-refractivity contribution is -0.122. The summed E-state index contributed by atoms with van der Waals surface area (Å²) in [4.78, 5) is 22.4. The van der Waals surface area contributed by atoms with E-state index in [0.29, 0.717) is 19.7 Å². The van der Waals surface area contributed by atoms with Gasteiger partial charge in [-0.1, -0.05) is 18.2 Å². The number of benzene rings is 1. The zero-order chi connectivity index (χ0) is 14.6. The molecule has 0 aliphatic heterocycles. The molecule has 1 aromatic rings. The number of nitrogens with zero attached hydrogens (tertiary/aromatic N) is 1. The van der Waals surface area contributed by atoms with Gasteiger partial charge in [0.15, 0.2) is 0 Å². The Labute approximate surface area is 117 Å². The maximum Gasteiger partial charge on any atom is 0.234 e. The summed E-state index contributed by atoms with van der Waals surface area (Å²) in [5.41, 5.74) is 0. The lowest BCUT2D eigenvalue weighted by atomic mass is 10.3. The van der Waals surface area contributed by atoms with Crippen molar-refractivity contribution in [3.05, 3.63) is 30.3 Å². The third-order valence-corrected chi connectivity index (χ3v) is 2.35. The highest BCUT2D eigenvalue weighted by Gasteiger charge is 2.02. The lowest BCUT2D eigenvalue weighted by Crippen LogP contribution is -2.34. The molecule has 0 heterocycles. The van der Waals surface area contributed by atoms with Gasteiger partial charge in [-0.3, -0.25) is 9.59 Å². The van der Waals surface area contributed by atoms with Crippen LogP contribution in [0.3, 0.4) is 0 Å². The van der Waals surface area contributed by atoms with Gasteiger partial charge in [-0.2, -0.15) is 5.26 Å². The number of para-hydroxylation sites is 1. The summed E-state index contributed by atoms with van der Waals surface area (Å²) >= 11 is 0. The topological polar surface area (TPSA) is 91.2 Å². The second-order valence-electron chi connectivity index (χ2n) is 3.95. The summed E-state index contributed by atoms with van der Waals surface area (Å²) in [6.45, 7) is 0.948. The summed E-state index contributed by atoms with van der Waals surface area (Å²) in [7, 11) is 0. The average Bonchev–Trinajstić information content (AvgIpc) is 2.45. The van der Waals surface area contributed by atoms with Crippen molar-refractivity contribution in [3.63, 3.8) is 0 Å². The van der Waals surface area contributed by atoms with Crippen molar-refractivity contribution in [1.29, 1.82) is 5.26 Å². The van der Waals surface area contributed by atoms with Crippen LogP contribution in [0.2, 0.25) is 0 Å². The average molecular weight is 275 g/mol. The van der Waals surface area contributed by atoms with Gasteiger partial charge in [0.25, 0.3) is 0 Å². The third-order valence-electron chi connectivity index (χ3n) is 2.35. The van der Waals surface area contributed by atoms with E-state index in [0.717, 1.165) is 5.75 Å². The smallest absolute Gasteiger partial charge is 0.234 e. The van der Waals surface area contributed by atoms with Gasteiger partial charge in [-0.15, -0.1) is 0 Å². The number of amides is 2. The minimum Gasteiger partial charge on any atom is -0.493 e. The summed E-state index contributed by atoms with van der Waals surface area (Å²) in [5.74, 6) is 0.244. The number of ether oxygens (including phenoxy) is 1. The molecule has 0 bridgehead atoms. The first-order valence-corrected chi connectivity index (χ1v) is 6.30. The number of nitrogens with one attached hydrogen (secondary N) is 2. The van der Waals surface area contributed by atoms with E-state index < -0.39 is 0 Å². The normalized spacial score (nSPS) is 9.35. The fourth-order valence-corrected chi connectivity index (χ4v) is 1.40. The molecule has 6 nitrogen and oxygen atoms in total. The van der Waals surface area contributed by atoms with Gasteiger partial charge in [0.05, 0.1) is 19.1 Å². The molecule has 106 valence electrons. The molecule has 2 N–H and O–H groups in total. The molecule has 0 spiro atoms. The predicted molar refractivity (Wildman–Crippen MR) is 72.8 cm³/mol. The van der Waals surface area contributed by atoms with Crippen LogP contribution in [0.25, 0.3) is 0 Å². The molecular formula is C14H17N3O3. The Bertz CT molecular complexity index is 468. The number of carbonyl (C=O) groups is 2. The van der Waals surface area contributed by atoms with Crippen LogP contribution in [0.1, 0.15) is 12.8 Å². The number of carbonyl (C=O) groups excluding carboxylic acids is 2. The Balaban J connectivity index is 2.04. The molecule has 0 saturated carbocycles. The van der Waals surface area contributed by atoms with E-state index in [1.54, 1.807) is 6.07 Å². The van der Waals surface area contributed by atoms with Gasteiger partial charge in [0.1, 0.15) is 12.2 Å². The molecule has 0 aromatic heterocycles. The first-order chi connectivity index (χ1) is 9.72. The molecule has 2 amide bonds. The van der Waals surface area contributed by atoms with Crippen molar-refractivity contribution in [2.24, 2.45) is 0 Å². The van der Waals surface area contributed by atoms with E-state index in [1.165, 1.54) is 0 Å². The van der Waals surface area contributed by atoms with E-state index in [1.807, 2.05) is 30.3 Å². The maximum absolute atomic E-state index is 11.4. The minimum absolute atomic E-state index is 0.143. The van der Waals surface area contributed by atoms with E-state index in [4.69, 9.17) is 10.00 Å². The SMILES string of the molecule is N#CCC(=O)NCCNC(=O)CCOc1ccccc1. The standard InChI is InChI=1S/C14H17N3O3/c15-8-6-13(18)16-9-10-17-14(19)7-11-20-12-4-2-1-3-5-12/h1-5H,6-7,9-11H2,(H,16,18)(H,17,19). The molecule has 20 heavy (non-hydrogen) atoms. The van der Waals surface area contributed by atoms with Gasteiger partial charge >= 0.3 is 0 Å². The van der Waals surface area contributed by atoms with Crippen LogP contribution >= 0.6 is 0 Å². The van der Waals surface area contributed by atoms with Gasteiger partial charge in [0, 0.05) is 13.1 Å². The van der Waals surface area contributed by atoms with Crippen LogP contribution in [-0.2, 0) is 9.59 Å². The molecule has 0 saturated heterocycles. The number of hydrogen-bond acceptors (Lipinski definition) is 4. The Morgan fingerprint density at radius 1 is 1.10 bits per heavy atom. The zero-order valence-corrected chi connectivity index (χ0v) is 11.1. The summed E-state index contributed by atoms with van der Waals surface area (Å²) in [6, 6.07) is 11.0. The molecule has 0 atom stereocenters. The highest BCUT2D eigenvalue weighted by atomic mass is 16.5. The van der Waals surface area contributed by atoms with E-state index >= 15 is 0 Å². The lowest BCUT2D eigenvalue weighted by Gasteiger charge is -2.07. The van der Waals surface area contributed by atoms with Crippen molar-refractivity contribution >= 4 is 11.8 Å². The third kappa shape index (κ3) is 7.01. The van der Waals surface area contributed by atoms with Crippen molar-refractivity contribution in [2.75, 3.05) is 19.7 Å². The highest BCUT2D eigenvalue weighted by molar-refractivity contribution is 5.78. The number of hydrogen-bond donors (Lipinski definition) is 2. The Morgan fingerprint density at radius 2 is 1.75 bits per heavy atom. The summed E-state index contributed by atoms with van der Waals surface area (Å²) < 4.78 is 5.39. The largest absolute Gasteiger partial charge is 0.493 e. The zero-order valence-electron chi connectivity index (χ0n) is 11.1. The van der Waals surface area contributed by atoms with Crippen LogP contribution in [0, 0.1) is 11.3 Å². The first kappa shape index (κ1) is 15.5. The second-order valence-corrected chi connectivity index (χ2v) is 3.95. The second kappa shape index (κ2) is 9.39. The molecule has 1 rings (SSSR count). The van der Waals surface area contributed by atoms with E-state index in [2.05, 4.69) is 10.6 Å². The Hall–Kier alpha value is -2.55. The minimum atomic E-state index is -0.339. The van der Waals surface area contributed by atoms with Gasteiger partial charge in [-0.25, -0.2) is 0 Å². The number of rotatable bonds is 8. The molecule has 6 heteroatoms. The van der Waals surface area contributed by atoms with E-state index in [-0.39, 0.29) is 24.7 Å². The van der Waals surface area contributed by atoms with Crippen LogP contribution < -0.4 is 15.4 Å². The molecule has 0 unspecified atom stereocenters. The summed E-state index contributed by atoms with van der Waals surface area (Å²) in [6.07, 6.45) is 0.0832. The van der Waals surface area contributed by atoms with Gasteiger partial charge in [-0.05, 0) is 12.1 Å². The van der Waals surface area contributed by atoms with Crippen LogP contribution in [0.15, 0.2) is 30.3 Å². The van der Waals surface area contributed by atoms with Gasteiger partial charge in [0.2, 0.25) is 11.8 Å².